The number of hydrogen-bond acceptors (Lipinski definition) is 4. The summed E-state index contributed by atoms with van der Waals surface area (Å²) in [4.78, 5) is 23.8. The van der Waals surface area contributed by atoms with Gasteiger partial charge in [-0.05, 0) is 43.9 Å². The first-order valence-electron chi connectivity index (χ1n) is 8.83. The molecule has 0 bridgehead atoms. The van der Waals surface area contributed by atoms with Gasteiger partial charge in [-0.1, -0.05) is 41.4 Å². The number of rotatable bonds is 5. The maximum Gasteiger partial charge on any atom is 0.331 e. The van der Waals surface area contributed by atoms with Crippen LogP contribution in [-0.4, -0.2) is 27.6 Å². The minimum Gasteiger partial charge on any atom is -0.451 e. The summed E-state index contributed by atoms with van der Waals surface area (Å²) in [5, 5.41) is 5.47. The molecule has 2 aromatic rings. The SMILES string of the molecule is Cc1nn(Cc2ccccc2Cl)c(Cl)c1/C=C/C(=O)O[C@@H]1CCCCC1=O. The number of benzene rings is 1. The van der Waals surface area contributed by atoms with Gasteiger partial charge < -0.3 is 4.74 Å². The fraction of sp³-hybridized carbons (Fsp3) is 0.350. The van der Waals surface area contributed by atoms with Crippen LogP contribution in [0.15, 0.2) is 30.3 Å². The molecule has 0 saturated heterocycles. The Hall–Kier alpha value is -2.11. The van der Waals surface area contributed by atoms with Crippen LogP contribution in [0.4, 0.5) is 0 Å². The lowest BCUT2D eigenvalue weighted by molar-refractivity contribution is -0.152. The standard InChI is InChI=1S/C20H20Cl2N2O3/c1-13-15(10-11-19(26)27-18-9-5-4-8-17(18)25)20(22)24(23-13)12-14-6-2-3-7-16(14)21/h2-3,6-7,10-11,18H,4-5,8-9,12H2,1H3/b11-10+/t18-/m1/s1. The van der Waals surface area contributed by atoms with Crippen LogP contribution in [0.2, 0.25) is 10.2 Å². The largest absolute Gasteiger partial charge is 0.451 e. The molecule has 0 spiro atoms. The molecular weight excluding hydrogens is 387 g/mol. The monoisotopic (exact) mass is 406 g/mol. The molecule has 1 aromatic carbocycles. The van der Waals surface area contributed by atoms with E-state index < -0.39 is 12.1 Å². The topological polar surface area (TPSA) is 61.2 Å². The molecule has 0 unspecified atom stereocenters. The first-order chi connectivity index (χ1) is 13.0. The number of Topliss-reactive ketones (excluding diaryl/α,β-unsaturated/α-hetero) is 1. The number of carbonyl (C=O) groups is 2. The summed E-state index contributed by atoms with van der Waals surface area (Å²) in [5.41, 5.74) is 2.22. The van der Waals surface area contributed by atoms with Crippen molar-refractivity contribution in [2.75, 3.05) is 0 Å². The Morgan fingerprint density at radius 2 is 2.11 bits per heavy atom. The third kappa shape index (κ3) is 4.79. The molecule has 3 rings (SSSR count). The van der Waals surface area contributed by atoms with Gasteiger partial charge in [0.1, 0.15) is 5.15 Å². The summed E-state index contributed by atoms with van der Waals surface area (Å²) in [6, 6.07) is 7.47. The van der Waals surface area contributed by atoms with Crippen LogP contribution in [0.25, 0.3) is 6.08 Å². The maximum atomic E-state index is 12.0. The highest BCUT2D eigenvalue weighted by molar-refractivity contribution is 6.32. The third-order valence-corrected chi connectivity index (χ3v) is 5.30. The van der Waals surface area contributed by atoms with Gasteiger partial charge in [-0.2, -0.15) is 5.10 Å². The summed E-state index contributed by atoms with van der Waals surface area (Å²) in [6.45, 7) is 2.23. The van der Waals surface area contributed by atoms with E-state index in [0.29, 0.717) is 40.8 Å². The number of carbonyl (C=O) groups excluding carboxylic acids is 2. The fourth-order valence-electron chi connectivity index (χ4n) is 3.06. The normalized spacial score (nSPS) is 17.4. The molecule has 1 heterocycles. The summed E-state index contributed by atoms with van der Waals surface area (Å²) >= 11 is 12.6. The number of esters is 1. The van der Waals surface area contributed by atoms with Crippen molar-refractivity contribution in [1.82, 2.24) is 9.78 Å². The van der Waals surface area contributed by atoms with Gasteiger partial charge in [-0.15, -0.1) is 0 Å². The van der Waals surface area contributed by atoms with E-state index in [1.807, 2.05) is 31.2 Å². The number of ether oxygens (including phenoxy) is 1. The Labute approximate surface area is 167 Å². The quantitative estimate of drug-likeness (QED) is 0.536. The second-order valence-electron chi connectivity index (χ2n) is 6.51. The average molecular weight is 407 g/mol. The van der Waals surface area contributed by atoms with Crippen molar-refractivity contribution >= 4 is 41.0 Å². The Morgan fingerprint density at radius 3 is 2.85 bits per heavy atom. The lowest BCUT2D eigenvalue weighted by Crippen LogP contribution is -2.29. The van der Waals surface area contributed by atoms with Crippen LogP contribution < -0.4 is 0 Å². The number of ketones is 1. The number of halogens is 2. The van der Waals surface area contributed by atoms with Crippen molar-refractivity contribution in [2.45, 2.75) is 45.3 Å². The summed E-state index contributed by atoms with van der Waals surface area (Å²) in [7, 11) is 0. The Kier molecular flexibility index (Phi) is 6.34. The van der Waals surface area contributed by atoms with Gasteiger partial charge in [-0.3, -0.25) is 4.79 Å². The summed E-state index contributed by atoms with van der Waals surface area (Å²) < 4.78 is 6.89. The lowest BCUT2D eigenvalue weighted by Gasteiger charge is -2.19. The number of aryl methyl sites for hydroxylation is 1. The zero-order valence-electron chi connectivity index (χ0n) is 15.0. The van der Waals surface area contributed by atoms with Crippen molar-refractivity contribution in [1.29, 1.82) is 0 Å². The van der Waals surface area contributed by atoms with Crippen molar-refractivity contribution < 1.29 is 14.3 Å². The Bertz CT molecular complexity index is 889. The Morgan fingerprint density at radius 1 is 1.33 bits per heavy atom. The van der Waals surface area contributed by atoms with Crippen LogP contribution in [0.1, 0.15) is 42.5 Å². The minimum absolute atomic E-state index is 0.00947. The smallest absolute Gasteiger partial charge is 0.331 e. The molecule has 1 aliphatic rings. The number of nitrogens with zero attached hydrogens (tertiary/aromatic N) is 2. The van der Waals surface area contributed by atoms with Crippen molar-refractivity contribution in [2.24, 2.45) is 0 Å². The van der Waals surface area contributed by atoms with Crippen LogP contribution in [0.5, 0.6) is 0 Å². The first kappa shape index (κ1) is 19.6. The first-order valence-corrected chi connectivity index (χ1v) is 9.59. The van der Waals surface area contributed by atoms with E-state index in [1.54, 1.807) is 10.8 Å². The van der Waals surface area contributed by atoms with Crippen LogP contribution >= 0.6 is 23.2 Å². The molecule has 27 heavy (non-hydrogen) atoms. The minimum atomic E-state index is -0.629. The molecule has 5 nitrogen and oxygen atoms in total. The maximum absolute atomic E-state index is 12.0. The number of aromatic nitrogens is 2. The second-order valence-corrected chi connectivity index (χ2v) is 7.28. The van der Waals surface area contributed by atoms with Gasteiger partial charge in [0, 0.05) is 23.1 Å². The number of hydrogen-bond donors (Lipinski definition) is 0. The predicted molar refractivity (Wildman–Crippen MR) is 105 cm³/mol. The van der Waals surface area contributed by atoms with Gasteiger partial charge in [0.2, 0.25) is 0 Å². The molecule has 142 valence electrons. The van der Waals surface area contributed by atoms with E-state index in [2.05, 4.69) is 5.10 Å². The molecule has 1 aliphatic carbocycles. The molecule has 1 atom stereocenters. The van der Waals surface area contributed by atoms with E-state index in [9.17, 15) is 9.59 Å². The van der Waals surface area contributed by atoms with Gasteiger partial charge in [-0.25, -0.2) is 9.48 Å². The van der Waals surface area contributed by atoms with Crippen molar-refractivity contribution in [3.05, 3.63) is 57.3 Å². The van der Waals surface area contributed by atoms with Crippen LogP contribution in [-0.2, 0) is 20.9 Å². The average Bonchev–Trinajstić information content (AvgIpc) is 2.90. The van der Waals surface area contributed by atoms with Crippen molar-refractivity contribution in [3.63, 3.8) is 0 Å². The zero-order valence-corrected chi connectivity index (χ0v) is 16.5. The molecule has 0 amide bonds. The molecule has 1 saturated carbocycles. The molecule has 7 heteroatoms. The van der Waals surface area contributed by atoms with E-state index in [-0.39, 0.29) is 5.78 Å². The zero-order chi connectivity index (χ0) is 19.4. The highest BCUT2D eigenvalue weighted by atomic mass is 35.5. The van der Waals surface area contributed by atoms with Gasteiger partial charge in [0.25, 0.3) is 0 Å². The van der Waals surface area contributed by atoms with Gasteiger partial charge >= 0.3 is 5.97 Å². The summed E-state index contributed by atoms with van der Waals surface area (Å²) in [5.74, 6) is -0.561. The highest BCUT2D eigenvalue weighted by Gasteiger charge is 2.25. The van der Waals surface area contributed by atoms with Crippen molar-refractivity contribution in [3.8, 4) is 0 Å². The van der Waals surface area contributed by atoms with Gasteiger partial charge in [0.05, 0.1) is 12.2 Å². The second kappa shape index (κ2) is 8.72. The fourth-order valence-corrected chi connectivity index (χ4v) is 3.55. The molecule has 0 N–H and O–H groups in total. The van der Waals surface area contributed by atoms with Crippen LogP contribution in [0, 0.1) is 6.92 Å². The molecule has 0 aliphatic heterocycles. The predicted octanol–water partition coefficient (Wildman–Crippen LogP) is 4.61. The Balaban J connectivity index is 1.70. The lowest BCUT2D eigenvalue weighted by atomic mass is 9.96. The molecular formula is C20H20Cl2N2O3. The van der Waals surface area contributed by atoms with Gasteiger partial charge in [0.15, 0.2) is 11.9 Å². The van der Waals surface area contributed by atoms with E-state index in [4.69, 9.17) is 27.9 Å². The molecule has 0 radical (unpaired) electrons. The summed E-state index contributed by atoms with van der Waals surface area (Å²) in [6.07, 6.45) is 5.06. The molecule has 1 aromatic heterocycles. The van der Waals surface area contributed by atoms with E-state index in [0.717, 1.165) is 18.4 Å². The third-order valence-electron chi connectivity index (χ3n) is 4.53. The molecule has 1 fully saturated rings. The van der Waals surface area contributed by atoms with E-state index in [1.165, 1.54) is 6.08 Å². The van der Waals surface area contributed by atoms with Crippen LogP contribution in [0.3, 0.4) is 0 Å². The van der Waals surface area contributed by atoms with E-state index >= 15 is 0 Å². The highest BCUT2D eigenvalue weighted by Crippen LogP contribution is 2.24.